The van der Waals surface area contributed by atoms with Gasteiger partial charge in [0.05, 0.1) is 5.92 Å². The number of carbonyl (C=O) groups excluding carboxylic acids is 1. The van der Waals surface area contributed by atoms with Crippen molar-refractivity contribution < 1.29 is 19.4 Å². The van der Waals surface area contributed by atoms with Crippen molar-refractivity contribution in [1.29, 1.82) is 0 Å². The van der Waals surface area contributed by atoms with Crippen LogP contribution in [0.15, 0.2) is 24.3 Å². The number of ether oxygens (including phenoxy) is 1. The molecule has 1 rings (SSSR count). The Bertz CT molecular complexity index is 450. The fourth-order valence-corrected chi connectivity index (χ4v) is 1.58. The second kappa shape index (κ2) is 7.63. The summed E-state index contributed by atoms with van der Waals surface area (Å²) in [7, 11) is 0. The zero-order chi connectivity index (χ0) is 14.3. The van der Waals surface area contributed by atoms with Crippen LogP contribution in [0.1, 0.15) is 13.3 Å². The average molecular weight is 286 g/mol. The van der Waals surface area contributed by atoms with Crippen LogP contribution in [0.5, 0.6) is 5.75 Å². The minimum Gasteiger partial charge on any atom is -0.484 e. The molecule has 1 aromatic carbocycles. The van der Waals surface area contributed by atoms with Gasteiger partial charge in [0.1, 0.15) is 5.75 Å². The molecule has 0 fully saturated rings. The van der Waals surface area contributed by atoms with Gasteiger partial charge in [-0.2, -0.15) is 0 Å². The molecule has 0 aliphatic carbocycles. The van der Waals surface area contributed by atoms with E-state index in [0.717, 1.165) is 0 Å². The maximum atomic E-state index is 11.5. The molecule has 2 N–H and O–H groups in total. The minimum atomic E-state index is -0.918. The van der Waals surface area contributed by atoms with Crippen LogP contribution in [0.3, 0.4) is 0 Å². The maximum absolute atomic E-state index is 11.5. The lowest BCUT2D eigenvalue weighted by molar-refractivity contribution is -0.141. The molecule has 0 radical (unpaired) electrons. The summed E-state index contributed by atoms with van der Waals surface area (Å²) in [6, 6.07) is 6.70. The van der Waals surface area contributed by atoms with E-state index >= 15 is 0 Å². The highest BCUT2D eigenvalue weighted by molar-refractivity contribution is 6.30. The van der Waals surface area contributed by atoms with Crippen molar-refractivity contribution in [1.82, 2.24) is 5.32 Å². The molecule has 0 saturated heterocycles. The molecule has 0 heterocycles. The molecule has 1 atom stereocenters. The molecular formula is C13H16ClNO4. The second-order valence-electron chi connectivity index (χ2n) is 3.99. The average Bonchev–Trinajstić information content (AvgIpc) is 2.37. The first-order chi connectivity index (χ1) is 9.02. The van der Waals surface area contributed by atoms with Crippen molar-refractivity contribution in [2.45, 2.75) is 13.3 Å². The first-order valence-corrected chi connectivity index (χ1v) is 6.28. The standard InChI is InChI=1S/C13H16ClNO4/c1-2-9(13(17)18)7-15-12(16)8-19-11-5-3-4-10(14)6-11/h3-6,9H,2,7-8H2,1H3,(H,15,16)(H,17,18). The molecule has 0 aliphatic heterocycles. The van der Waals surface area contributed by atoms with E-state index in [1.165, 1.54) is 0 Å². The van der Waals surface area contributed by atoms with Gasteiger partial charge in [-0.3, -0.25) is 9.59 Å². The Morgan fingerprint density at radius 2 is 2.21 bits per heavy atom. The maximum Gasteiger partial charge on any atom is 0.308 e. The van der Waals surface area contributed by atoms with Crippen molar-refractivity contribution in [3.63, 3.8) is 0 Å². The normalized spacial score (nSPS) is 11.7. The lowest BCUT2D eigenvalue weighted by Gasteiger charge is -2.11. The van der Waals surface area contributed by atoms with Gasteiger partial charge in [-0.15, -0.1) is 0 Å². The summed E-state index contributed by atoms with van der Waals surface area (Å²) >= 11 is 5.77. The molecule has 0 saturated carbocycles. The van der Waals surface area contributed by atoms with E-state index in [2.05, 4.69) is 5.32 Å². The number of amides is 1. The molecule has 0 aliphatic rings. The van der Waals surface area contributed by atoms with Crippen LogP contribution in [-0.4, -0.2) is 30.1 Å². The van der Waals surface area contributed by atoms with Gasteiger partial charge in [0.2, 0.25) is 0 Å². The topological polar surface area (TPSA) is 75.6 Å². The Morgan fingerprint density at radius 3 is 2.79 bits per heavy atom. The van der Waals surface area contributed by atoms with Gasteiger partial charge in [-0.25, -0.2) is 0 Å². The largest absolute Gasteiger partial charge is 0.484 e. The Labute approximate surface area is 116 Å². The summed E-state index contributed by atoms with van der Waals surface area (Å²) in [5, 5.41) is 11.9. The van der Waals surface area contributed by atoms with Crippen LogP contribution in [-0.2, 0) is 9.59 Å². The van der Waals surface area contributed by atoms with Crippen LogP contribution in [0.2, 0.25) is 5.02 Å². The fraction of sp³-hybridized carbons (Fsp3) is 0.385. The monoisotopic (exact) mass is 285 g/mol. The number of hydrogen-bond acceptors (Lipinski definition) is 3. The molecule has 0 aromatic heterocycles. The SMILES string of the molecule is CCC(CNC(=O)COc1cccc(Cl)c1)C(=O)O. The summed E-state index contributed by atoms with van der Waals surface area (Å²) in [6.07, 6.45) is 0.463. The van der Waals surface area contributed by atoms with E-state index in [0.29, 0.717) is 17.2 Å². The highest BCUT2D eigenvalue weighted by Crippen LogP contribution is 2.16. The molecule has 1 aromatic rings. The molecule has 19 heavy (non-hydrogen) atoms. The number of hydrogen-bond donors (Lipinski definition) is 2. The molecule has 0 bridgehead atoms. The first kappa shape index (κ1) is 15.3. The third-order valence-electron chi connectivity index (χ3n) is 2.55. The smallest absolute Gasteiger partial charge is 0.308 e. The van der Waals surface area contributed by atoms with Crippen LogP contribution >= 0.6 is 11.6 Å². The third-order valence-corrected chi connectivity index (χ3v) is 2.79. The minimum absolute atomic E-state index is 0.101. The zero-order valence-electron chi connectivity index (χ0n) is 10.6. The van der Waals surface area contributed by atoms with E-state index in [4.69, 9.17) is 21.4 Å². The fourth-order valence-electron chi connectivity index (χ4n) is 1.40. The van der Waals surface area contributed by atoms with Crippen LogP contribution in [0.4, 0.5) is 0 Å². The first-order valence-electron chi connectivity index (χ1n) is 5.90. The van der Waals surface area contributed by atoms with E-state index in [1.54, 1.807) is 31.2 Å². The lowest BCUT2D eigenvalue weighted by atomic mass is 10.1. The number of carboxylic acid groups (broad SMARTS) is 1. The number of carboxylic acids is 1. The predicted molar refractivity (Wildman–Crippen MR) is 71.4 cm³/mol. The van der Waals surface area contributed by atoms with Crippen molar-refractivity contribution in [2.24, 2.45) is 5.92 Å². The lowest BCUT2D eigenvalue weighted by Crippen LogP contribution is -2.35. The summed E-state index contributed by atoms with van der Waals surface area (Å²) in [4.78, 5) is 22.2. The molecule has 5 nitrogen and oxygen atoms in total. The van der Waals surface area contributed by atoms with Gasteiger partial charge in [0.15, 0.2) is 6.61 Å². The third kappa shape index (κ3) is 5.61. The number of halogens is 1. The van der Waals surface area contributed by atoms with Crippen molar-refractivity contribution >= 4 is 23.5 Å². The molecular weight excluding hydrogens is 270 g/mol. The summed E-state index contributed by atoms with van der Waals surface area (Å²) in [6.45, 7) is 1.69. The number of rotatable bonds is 7. The number of carbonyl (C=O) groups is 2. The van der Waals surface area contributed by atoms with E-state index in [1.807, 2.05) is 0 Å². The Balaban J connectivity index is 2.34. The molecule has 1 unspecified atom stereocenters. The highest BCUT2D eigenvalue weighted by Gasteiger charge is 2.15. The van der Waals surface area contributed by atoms with Gasteiger partial charge in [-0.1, -0.05) is 24.6 Å². The van der Waals surface area contributed by atoms with Crippen LogP contribution < -0.4 is 10.1 Å². The highest BCUT2D eigenvalue weighted by atomic mass is 35.5. The molecule has 0 spiro atoms. The van der Waals surface area contributed by atoms with Gasteiger partial charge < -0.3 is 15.2 Å². The van der Waals surface area contributed by atoms with Gasteiger partial charge in [0, 0.05) is 11.6 Å². The molecule has 104 valence electrons. The number of aliphatic carboxylic acids is 1. The second-order valence-corrected chi connectivity index (χ2v) is 4.43. The number of benzene rings is 1. The molecule has 6 heteroatoms. The van der Waals surface area contributed by atoms with Gasteiger partial charge in [0.25, 0.3) is 5.91 Å². The predicted octanol–water partition coefficient (Wildman–Crippen LogP) is 1.95. The van der Waals surface area contributed by atoms with Crippen LogP contribution in [0.25, 0.3) is 0 Å². The molecule has 1 amide bonds. The van der Waals surface area contributed by atoms with Crippen molar-refractivity contribution in [3.8, 4) is 5.75 Å². The van der Waals surface area contributed by atoms with Crippen molar-refractivity contribution in [3.05, 3.63) is 29.3 Å². The summed E-state index contributed by atoms with van der Waals surface area (Å²) < 4.78 is 5.23. The van der Waals surface area contributed by atoms with E-state index in [-0.39, 0.29) is 19.1 Å². The van der Waals surface area contributed by atoms with Crippen molar-refractivity contribution in [2.75, 3.05) is 13.2 Å². The summed E-state index contributed by atoms with van der Waals surface area (Å²) in [5.74, 6) is -1.36. The van der Waals surface area contributed by atoms with Gasteiger partial charge in [-0.05, 0) is 24.6 Å². The van der Waals surface area contributed by atoms with Crippen LogP contribution in [0, 0.1) is 5.92 Å². The Hall–Kier alpha value is -1.75. The van der Waals surface area contributed by atoms with E-state index < -0.39 is 11.9 Å². The van der Waals surface area contributed by atoms with E-state index in [9.17, 15) is 9.59 Å². The number of nitrogens with one attached hydrogen (secondary N) is 1. The zero-order valence-corrected chi connectivity index (χ0v) is 11.3. The summed E-state index contributed by atoms with van der Waals surface area (Å²) in [5.41, 5.74) is 0. The van der Waals surface area contributed by atoms with Gasteiger partial charge >= 0.3 is 5.97 Å². The quantitative estimate of drug-likeness (QED) is 0.803. The Kier molecular flexibility index (Phi) is 6.15. The Morgan fingerprint density at radius 1 is 1.47 bits per heavy atom.